The predicted molar refractivity (Wildman–Crippen MR) is 102 cm³/mol. The van der Waals surface area contributed by atoms with Crippen molar-refractivity contribution in [3.05, 3.63) is 59.4 Å². The van der Waals surface area contributed by atoms with Gasteiger partial charge in [-0.05, 0) is 26.0 Å². The van der Waals surface area contributed by atoms with E-state index in [-0.39, 0.29) is 5.56 Å². The number of aromatic nitrogens is 4. The van der Waals surface area contributed by atoms with Gasteiger partial charge in [0.15, 0.2) is 0 Å². The van der Waals surface area contributed by atoms with Crippen molar-refractivity contribution in [1.82, 2.24) is 19.5 Å². The number of nitrogens with zero attached hydrogens (tertiary/aromatic N) is 4. The summed E-state index contributed by atoms with van der Waals surface area (Å²) in [5, 5.41) is 3.91. The first kappa shape index (κ1) is 18.2. The monoisotopic (exact) mass is 385 g/mol. The minimum atomic E-state index is -2.87. The molecule has 2 heterocycles. The molecule has 5 nitrogen and oxygen atoms in total. The maximum Gasteiger partial charge on any atom is 0.266 e. The first-order chi connectivity index (χ1) is 13.3. The summed E-state index contributed by atoms with van der Waals surface area (Å²) in [7, 11) is 1.89. The van der Waals surface area contributed by atoms with Crippen LogP contribution in [0.25, 0.3) is 21.9 Å². The summed E-state index contributed by atoms with van der Waals surface area (Å²) in [6.07, 6.45) is -1.16. The lowest BCUT2D eigenvalue weighted by molar-refractivity contribution is 0.146. The van der Waals surface area contributed by atoms with Gasteiger partial charge in [-0.3, -0.25) is 0 Å². The van der Waals surface area contributed by atoms with Crippen molar-refractivity contribution in [3.63, 3.8) is 0 Å². The molecule has 0 spiro atoms. The molecular weight excluding hydrogens is 367 g/mol. The van der Waals surface area contributed by atoms with Gasteiger partial charge >= 0.3 is 0 Å². The lowest BCUT2D eigenvalue weighted by Crippen LogP contribution is -2.12. The third-order valence-electron chi connectivity index (χ3n) is 4.77. The molecule has 0 fully saturated rings. The SMILES string of the molecule is Cc1nc(NC(C)c2cccc(C(F)F)c2F)c2cc3c(cc2n1)ncn3C. The Morgan fingerprint density at radius 2 is 1.82 bits per heavy atom. The lowest BCUT2D eigenvalue weighted by atomic mass is 10.0. The molecule has 1 unspecified atom stereocenters. The van der Waals surface area contributed by atoms with Crippen LogP contribution in [0.5, 0.6) is 0 Å². The summed E-state index contributed by atoms with van der Waals surface area (Å²) in [5.74, 6) is 0.154. The van der Waals surface area contributed by atoms with Crippen molar-refractivity contribution in [2.45, 2.75) is 26.3 Å². The maximum atomic E-state index is 14.5. The van der Waals surface area contributed by atoms with Gasteiger partial charge in [0, 0.05) is 18.0 Å². The first-order valence-electron chi connectivity index (χ1n) is 8.77. The fourth-order valence-corrected chi connectivity index (χ4v) is 3.33. The highest BCUT2D eigenvalue weighted by molar-refractivity contribution is 5.98. The Balaban J connectivity index is 1.80. The van der Waals surface area contributed by atoms with Crippen molar-refractivity contribution in [2.75, 3.05) is 5.32 Å². The summed E-state index contributed by atoms with van der Waals surface area (Å²) in [6, 6.07) is 7.23. The van der Waals surface area contributed by atoms with E-state index in [0.29, 0.717) is 17.2 Å². The van der Waals surface area contributed by atoms with Crippen LogP contribution < -0.4 is 5.32 Å². The largest absolute Gasteiger partial charge is 0.363 e. The van der Waals surface area contributed by atoms with Gasteiger partial charge in [-0.1, -0.05) is 18.2 Å². The molecule has 28 heavy (non-hydrogen) atoms. The number of hydrogen-bond acceptors (Lipinski definition) is 4. The van der Waals surface area contributed by atoms with Crippen LogP contribution in [0.15, 0.2) is 36.7 Å². The van der Waals surface area contributed by atoms with Crippen LogP contribution in [0, 0.1) is 12.7 Å². The van der Waals surface area contributed by atoms with Crippen LogP contribution in [-0.2, 0) is 7.05 Å². The van der Waals surface area contributed by atoms with Crippen LogP contribution in [0.2, 0.25) is 0 Å². The molecule has 0 aliphatic carbocycles. The molecule has 4 rings (SSSR count). The number of rotatable bonds is 4. The topological polar surface area (TPSA) is 55.6 Å². The highest BCUT2D eigenvalue weighted by Crippen LogP contribution is 2.31. The van der Waals surface area contributed by atoms with Gasteiger partial charge < -0.3 is 9.88 Å². The number of nitrogens with one attached hydrogen (secondary N) is 1. The van der Waals surface area contributed by atoms with Gasteiger partial charge in [-0.2, -0.15) is 0 Å². The quantitative estimate of drug-likeness (QED) is 0.533. The molecule has 0 aliphatic heterocycles. The fraction of sp³-hybridized carbons (Fsp3) is 0.250. The molecule has 1 atom stereocenters. The second-order valence-corrected chi connectivity index (χ2v) is 6.75. The van der Waals surface area contributed by atoms with Crippen LogP contribution in [0.3, 0.4) is 0 Å². The van der Waals surface area contributed by atoms with Gasteiger partial charge in [0.25, 0.3) is 6.43 Å². The summed E-state index contributed by atoms with van der Waals surface area (Å²) >= 11 is 0. The molecular formula is C20H18F3N5. The van der Waals surface area contributed by atoms with E-state index in [1.807, 2.05) is 23.7 Å². The summed E-state index contributed by atoms with van der Waals surface area (Å²) in [6.45, 7) is 3.47. The number of fused-ring (bicyclic) bond motifs is 2. The zero-order valence-electron chi connectivity index (χ0n) is 15.5. The smallest absolute Gasteiger partial charge is 0.266 e. The molecule has 2 aromatic carbocycles. The van der Waals surface area contributed by atoms with Gasteiger partial charge in [-0.15, -0.1) is 0 Å². The standard InChI is InChI=1S/C20H18F3N5/c1-10(12-5-4-6-13(18(12)21)19(22)23)25-20-14-7-17-16(24-9-28(17)3)8-15(14)26-11(2)27-20/h4-10,19H,1-3H3,(H,25,26,27). The highest BCUT2D eigenvalue weighted by atomic mass is 19.3. The van der Waals surface area contributed by atoms with E-state index in [2.05, 4.69) is 20.3 Å². The van der Waals surface area contributed by atoms with Gasteiger partial charge in [0.05, 0.1) is 34.5 Å². The molecule has 2 aromatic heterocycles. The molecule has 0 aliphatic rings. The first-order valence-corrected chi connectivity index (χ1v) is 8.77. The summed E-state index contributed by atoms with van der Waals surface area (Å²) < 4.78 is 42.5. The molecule has 0 saturated carbocycles. The Bertz CT molecular complexity index is 1190. The minimum Gasteiger partial charge on any atom is -0.363 e. The van der Waals surface area contributed by atoms with Gasteiger partial charge in [-0.25, -0.2) is 28.1 Å². The maximum absolute atomic E-state index is 14.5. The Morgan fingerprint density at radius 1 is 1.07 bits per heavy atom. The van der Waals surface area contributed by atoms with Crippen LogP contribution in [0.1, 0.15) is 36.3 Å². The van der Waals surface area contributed by atoms with Crippen molar-refractivity contribution < 1.29 is 13.2 Å². The van der Waals surface area contributed by atoms with E-state index in [0.717, 1.165) is 22.5 Å². The summed E-state index contributed by atoms with van der Waals surface area (Å²) in [5.41, 5.74) is 1.97. The number of hydrogen-bond donors (Lipinski definition) is 1. The molecule has 4 aromatic rings. The van der Waals surface area contributed by atoms with Crippen LogP contribution in [-0.4, -0.2) is 19.5 Å². The van der Waals surface area contributed by atoms with Crippen molar-refractivity contribution in [3.8, 4) is 0 Å². The Morgan fingerprint density at radius 3 is 2.57 bits per heavy atom. The van der Waals surface area contributed by atoms with Crippen molar-refractivity contribution in [1.29, 1.82) is 0 Å². The van der Waals surface area contributed by atoms with E-state index in [1.54, 1.807) is 20.2 Å². The van der Waals surface area contributed by atoms with Crippen LogP contribution in [0.4, 0.5) is 19.0 Å². The van der Waals surface area contributed by atoms with E-state index < -0.39 is 23.8 Å². The molecule has 1 N–H and O–H groups in total. The predicted octanol–water partition coefficient (Wildman–Crippen LogP) is 5.07. The van der Waals surface area contributed by atoms with Crippen LogP contribution >= 0.6 is 0 Å². The fourth-order valence-electron chi connectivity index (χ4n) is 3.33. The number of imidazole rings is 1. The second-order valence-electron chi connectivity index (χ2n) is 6.75. The second kappa shape index (κ2) is 6.78. The molecule has 0 amide bonds. The van der Waals surface area contributed by atoms with Gasteiger partial charge in [0.1, 0.15) is 17.5 Å². The number of anilines is 1. The third kappa shape index (κ3) is 3.04. The van der Waals surface area contributed by atoms with E-state index in [1.165, 1.54) is 12.1 Å². The average molecular weight is 385 g/mol. The molecule has 144 valence electrons. The minimum absolute atomic E-state index is 0.156. The normalized spacial score (nSPS) is 12.8. The molecule has 0 bridgehead atoms. The molecule has 0 saturated heterocycles. The zero-order chi connectivity index (χ0) is 20.0. The van der Waals surface area contributed by atoms with E-state index in [9.17, 15) is 13.2 Å². The van der Waals surface area contributed by atoms with E-state index in [4.69, 9.17) is 0 Å². The number of alkyl halides is 2. The number of halogens is 3. The summed E-state index contributed by atoms with van der Waals surface area (Å²) in [4.78, 5) is 13.2. The third-order valence-corrected chi connectivity index (χ3v) is 4.77. The number of aryl methyl sites for hydroxylation is 2. The Kier molecular flexibility index (Phi) is 4.41. The average Bonchev–Trinajstić information content (AvgIpc) is 3.00. The van der Waals surface area contributed by atoms with E-state index >= 15 is 0 Å². The number of benzene rings is 2. The lowest BCUT2D eigenvalue weighted by Gasteiger charge is -2.18. The Labute approximate surface area is 159 Å². The highest BCUT2D eigenvalue weighted by Gasteiger charge is 2.20. The van der Waals surface area contributed by atoms with Gasteiger partial charge in [0.2, 0.25) is 0 Å². The molecule has 8 heteroatoms. The zero-order valence-corrected chi connectivity index (χ0v) is 15.5. The molecule has 0 radical (unpaired) electrons. The Hall–Kier alpha value is -3.16. The van der Waals surface area contributed by atoms with Crippen molar-refractivity contribution in [2.24, 2.45) is 7.05 Å². The van der Waals surface area contributed by atoms with Crippen molar-refractivity contribution >= 4 is 27.8 Å².